The van der Waals surface area contributed by atoms with Gasteiger partial charge in [0.2, 0.25) is 0 Å². The van der Waals surface area contributed by atoms with Crippen LogP contribution in [0.1, 0.15) is 65.2 Å². The largest absolute Gasteiger partial charge is 0.465 e. The number of esters is 1. The van der Waals surface area contributed by atoms with Crippen molar-refractivity contribution in [1.82, 2.24) is 0 Å². The number of hydrogen-bond acceptors (Lipinski definition) is 2. The fourth-order valence-electron chi connectivity index (χ4n) is 2.09. The molecule has 0 N–H and O–H groups in total. The molecule has 0 amide bonds. The number of quaternary nitrogens is 1. The summed E-state index contributed by atoms with van der Waals surface area (Å²) in [6, 6.07) is 0. The smallest absolute Gasteiger partial charge is 0.308 e. The van der Waals surface area contributed by atoms with Crippen LogP contribution in [0.3, 0.4) is 0 Å². The first-order valence-corrected chi connectivity index (χ1v) is 8.30. The fourth-order valence-corrected chi connectivity index (χ4v) is 2.09. The van der Waals surface area contributed by atoms with Crippen LogP contribution in [0.25, 0.3) is 0 Å². The summed E-state index contributed by atoms with van der Waals surface area (Å²) < 4.78 is 6.23. The average molecular weight is 286 g/mol. The summed E-state index contributed by atoms with van der Waals surface area (Å²) in [6.45, 7) is 5.63. The topological polar surface area (TPSA) is 26.3 Å². The van der Waals surface area contributed by atoms with Gasteiger partial charge in [0.15, 0.2) is 0 Å². The molecule has 0 rings (SSSR count). The number of carbonyl (C=O) groups excluding carboxylic acids is 1. The first kappa shape index (κ1) is 19.4. The predicted octanol–water partition coefficient (Wildman–Crippen LogP) is 4.01. The molecule has 0 aliphatic carbocycles. The summed E-state index contributed by atoms with van der Waals surface area (Å²) in [7, 11) is 6.77. The third kappa shape index (κ3) is 13.9. The summed E-state index contributed by atoms with van der Waals surface area (Å²) in [6.07, 6.45) is 10.2. The molecule has 3 heteroatoms. The van der Waals surface area contributed by atoms with Crippen molar-refractivity contribution in [3.63, 3.8) is 0 Å². The van der Waals surface area contributed by atoms with Gasteiger partial charge in [0.05, 0.1) is 40.2 Å². The van der Waals surface area contributed by atoms with E-state index in [1.54, 1.807) is 0 Å². The number of hydrogen-bond donors (Lipinski definition) is 0. The molecule has 0 spiro atoms. The summed E-state index contributed by atoms with van der Waals surface area (Å²) in [5.41, 5.74) is 0. The Hall–Kier alpha value is -0.570. The Morgan fingerprint density at radius 2 is 1.30 bits per heavy atom. The van der Waals surface area contributed by atoms with Crippen molar-refractivity contribution in [2.75, 3.05) is 34.3 Å². The summed E-state index contributed by atoms with van der Waals surface area (Å²) in [5, 5.41) is 0. The van der Waals surface area contributed by atoms with Gasteiger partial charge in [-0.15, -0.1) is 0 Å². The third-order valence-corrected chi connectivity index (χ3v) is 3.44. The molecule has 0 aliphatic rings. The van der Waals surface area contributed by atoms with Crippen LogP contribution < -0.4 is 0 Å². The molecule has 0 aromatic heterocycles. The second-order valence-corrected chi connectivity index (χ2v) is 7.16. The molecule has 0 saturated carbocycles. The standard InChI is InChI=1S/C17H36NO2/c1-16(2)17(19)20-15-13-11-9-7-6-8-10-12-14-18(3,4)5/h16H,6-15H2,1-5H3/q+1. The highest BCUT2D eigenvalue weighted by Gasteiger charge is 2.07. The maximum atomic E-state index is 11.2. The minimum absolute atomic E-state index is 0.00159. The molecular weight excluding hydrogens is 250 g/mol. The number of ether oxygens (including phenoxy) is 1. The molecule has 20 heavy (non-hydrogen) atoms. The number of carbonyl (C=O) groups is 1. The Morgan fingerprint density at radius 3 is 1.75 bits per heavy atom. The van der Waals surface area contributed by atoms with Gasteiger partial charge >= 0.3 is 5.97 Å². The van der Waals surface area contributed by atoms with Crippen LogP contribution in [-0.4, -0.2) is 44.7 Å². The molecule has 120 valence electrons. The van der Waals surface area contributed by atoms with Gasteiger partial charge in [-0.25, -0.2) is 0 Å². The number of unbranched alkanes of at least 4 members (excludes halogenated alkanes) is 7. The van der Waals surface area contributed by atoms with Crippen LogP contribution in [-0.2, 0) is 9.53 Å². The Morgan fingerprint density at radius 1 is 0.850 bits per heavy atom. The third-order valence-electron chi connectivity index (χ3n) is 3.44. The molecule has 0 aromatic rings. The highest BCUT2D eigenvalue weighted by atomic mass is 16.5. The van der Waals surface area contributed by atoms with E-state index in [4.69, 9.17) is 4.74 Å². The number of nitrogens with zero attached hydrogens (tertiary/aromatic N) is 1. The second-order valence-electron chi connectivity index (χ2n) is 7.16. The van der Waals surface area contributed by atoms with E-state index in [0.29, 0.717) is 6.61 Å². The molecule has 3 nitrogen and oxygen atoms in total. The fraction of sp³-hybridized carbons (Fsp3) is 0.941. The monoisotopic (exact) mass is 286 g/mol. The maximum absolute atomic E-state index is 11.2. The van der Waals surface area contributed by atoms with E-state index in [-0.39, 0.29) is 11.9 Å². The average Bonchev–Trinajstić information content (AvgIpc) is 2.34. The Labute approximate surface area is 126 Å². The Kier molecular flexibility index (Phi) is 10.8. The van der Waals surface area contributed by atoms with Crippen LogP contribution in [0.2, 0.25) is 0 Å². The first-order valence-electron chi connectivity index (χ1n) is 8.30. The highest BCUT2D eigenvalue weighted by Crippen LogP contribution is 2.10. The van der Waals surface area contributed by atoms with Crippen molar-refractivity contribution in [2.45, 2.75) is 65.2 Å². The summed E-state index contributed by atoms with van der Waals surface area (Å²) in [4.78, 5) is 11.2. The van der Waals surface area contributed by atoms with E-state index >= 15 is 0 Å². The van der Waals surface area contributed by atoms with E-state index in [1.807, 2.05) is 13.8 Å². The van der Waals surface area contributed by atoms with Crippen LogP contribution >= 0.6 is 0 Å². The predicted molar refractivity (Wildman–Crippen MR) is 85.6 cm³/mol. The van der Waals surface area contributed by atoms with Gasteiger partial charge in [0.25, 0.3) is 0 Å². The van der Waals surface area contributed by atoms with Gasteiger partial charge in [-0.3, -0.25) is 4.79 Å². The zero-order chi connectivity index (χ0) is 15.4. The van der Waals surface area contributed by atoms with Gasteiger partial charge in [-0.05, 0) is 19.3 Å². The van der Waals surface area contributed by atoms with Gasteiger partial charge in [0, 0.05) is 0 Å². The molecule has 0 atom stereocenters. The van der Waals surface area contributed by atoms with E-state index < -0.39 is 0 Å². The van der Waals surface area contributed by atoms with E-state index in [0.717, 1.165) is 10.9 Å². The zero-order valence-electron chi connectivity index (χ0n) is 14.4. The molecule has 0 bridgehead atoms. The SMILES string of the molecule is CC(C)C(=O)OCCCCCCCCCC[N+](C)(C)C. The van der Waals surface area contributed by atoms with Crippen molar-refractivity contribution in [1.29, 1.82) is 0 Å². The van der Waals surface area contributed by atoms with E-state index in [1.165, 1.54) is 51.5 Å². The summed E-state index contributed by atoms with van der Waals surface area (Å²) in [5.74, 6) is -0.0658. The van der Waals surface area contributed by atoms with Gasteiger partial charge < -0.3 is 9.22 Å². The Balaban J connectivity index is 3.16. The van der Waals surface area contributed by atoms with Gasteiger partial charge in [-0.2, -0.15) is 0 Å². The molecule has 0 radical (unpaired) electrons. The molecule has 0 heterocycles. The van der Waals surface area contributed by atoms with Crippen LogP contribution in [0, 0.1) is 5.92 Å². The second kappa shape index (κ2) is 11.1. The molecule has 0 fully saturated rings. The van der Waals surface area contributed by atoms with Crippen LogP contribution in [0.5, 0.6) is 0 Å². The molecule has 0 aromatic carbocycles. The van der Waals surface area contributed by atoms with Gasteiger partial charge in [0.1, 0.15) is 0 Å². The molecule has 0 saturated heterocycles. The highest BCUT2D eigenvalue weighted by molar-refractivity contribution is 5.71. The normalized spacial score (nSPS) is 11.9. The lowest BCUT2D eigenvalue weighted by Gasteiger charge is -2.23. The number of rotatable bonds is 12. The van der Waals surface area contributed by atoms with Crippen molar-refractivity contribution in [2.24, 2.45) is 5.92 Å². The van der Waals surface area contributed by atoms with Crippen molar-refractivity contribution >= 4 is 5.97 Å². The molecule has 0 aliphatic heterocycles. The lowest BCUT2D eigenvalue weighted by atomic mass is 10.1. The lowest BCUT2D eigenvalue weighted by molar-refractivity contribution is -0.870. The van der Waals surface area contributed by atoms with Crippen LogP contribution in [0.15, 0.2) is 0 Å². The summed E-state index contributed by atoms with van der Waals surface area (Å²) >= 11 is 0. The minimum atomic E-state index is -0.0674. The molecular formula is C17H36NO2+. The van der Waals surface area contributed by atoms with Crippen molar-refractivity contribution < 1.29 is 14.0 Å². The van der Waals surface area contributed by atoms with E-state index in [2.05, 4.69) is 21.1 Å². The molecule has 0 unspecified atom stereocenters. The van der Waals surface area contributed by atoms with Gasteiger partial charge in [-0.1, -0.05) is 46.0 Å². The minimum Gasteiger partial charge on any atom is -0.465 e. The van der Waals surface area contributed by atoms with E-state index in [9.17, 15) is 4.79 Å². The zero-order valence-corrected chi connectivity index (χ0v) is 14.4. The maximum Gasteiger partial charge on any atom is 0.308 e. The first-order chi connectivity index (χ1) is 9.33. The van der Waals surface area contributed by atoms with Crippen molar-refractivity contribution in [3.05, 3.63) is 0 Å². The van der Waals surface area contributed by atoms with Crippen molar-refractivity contribution in [3.8, 4) is 0 Å². The Bertz CT molecular complexity index is 244. The van der Waals surface area contributed by atoms with Crippen LogP contribution in [0.4, 0.5) is 0 Å². The lowest BCUT2D eigenvalue weighted by Crippen LogP contribution is -2.35. The quantitative estimate of drug-likeness (QED) is 0.308.